The highest BCUT2D eigenvalue weighted by atomic mass is 16.5. The number of anilines is 1. The molecule has 0 aromatic carbocycles. The van der Waals surface area contributed by atoms with Crippen LogP contribution in [0.4, 0.5) is 5.69 Å². The van der Waals surface area contributed by atoms with E-state index in [1.54, 1.807) is 18.3 Å². The van der Waals surface area contributed by atoms with E-state index >= 15 is 0 Å². The Morgan fingerprint density at radius 2 is 2.25 bits per heavy atom. The van der Waals surface area contributed by atoms with Crippen LogP contribution in [0.15, 0.2) is 30.8 Å². The first kappa shape index (κ1) is 12.1. The van der Waals surface area contributed by atoms with Crippen molar-refractivity contribution >= 4 is 5.69 Å². The first-order valence-electron chi connectivity index (χ1n) is 4.92. The lowest BCUT2D eigenvalue weighted by Crippen LogP contribution is -2.21. The molecule has 4 heteroatoms. The monoisotopic (exact) mass is 217 g/mol. The summed E-state index contributed by atoms with van der Waals surface area (Å²) >= 11 is 0. The van der Waals surface area contributed by atoms with Crippen LogP contribution in [-0.2, 0) is 4.74 Å². The molecular formula is C12H15N3O. The highest BCUT2D eigenvalue weighted by Crippen LogP contribution is 2.17. The first-order chi connectivity index (χ1) is 7.42. The van der Waals surface area contributed by atoms with E-state index in [0.717, 1.165) is 0 Å². The van der Waals surface area contributed by atoms with Crippen LogP contribution in [0.1, 0.15) is 26.5 Å². The molecule has 0 saturated heterocycles. The summed E-state index contributed by atoms with van der Waals surface area (Å²) in [5.41, 5.74) is 0.597. The van der Waals surface area contributed by atoms with Gasteiger partial charge in [0.15, 0.2) is 11.6 Å². The Kier molecular flexibility index (Phi) is 3.51. The van der Waals surface area contributed by atoms with Gasteiger partial charge >= 0.3 is 0 Å². The minimum atomic E-state index is -0.320. The Labute approximate surface area is 95.6 Å². The van der Waals surface area contributed by atoms with Crippen LogP contribution in [0, 0.1) is 11.3 Å². The smallest absolute Gasteiger partial charge is 0.184 e. The summed E-state index contributed by atoms with van der Waals surface area (Å²) < 4.78 is 5.50. The van der Waals surface area contributed by atoms with Crippen LogP contribution in [0.25, 0.3) is 0 Å². The van der Waals surface area contributed by atoms with Gasteiger partial charge < -0.3 is 10.1 Å². The van der Waals surface area contributed by atoms with E-state index in [9.17, 15) is 0 Å². The Balaban J connectivity index is 2.75. The Hall–Kier alpha value is -2.02. The number of nitrogens with zero attached hydrogens (tertiary/aromatic N) is 2. The lowest BCUT2D eigenvalue weighted by atomic mass is 10.2. The molecule has 0 aliphatic rings. The first-order valence-corrected chi connectivity index (χ1v) is 4.92. The van der Waals surface area contributed by atoms with Gasteiger partial charge in [0.1, 0.15) is 11.7 Å². The Morgan fingerprint density at radius 3 is 2.81 bits per heavy atom. The van der Waals surface area contributed by atoms with Crippen molar-refractivity contribution in [2.75, 3.05) is 5.32 Å². The molecule has 4 nitrogen and oxygen atoms in total. The molecule has 0 unspecified atom stereocenters. The summed E-state index contributed by atoms with van der Waals surface area (Å²) in [7, 11) is 0. The fraction of sp³-hybridized carbons (Fsp3) is 0.333. The van der Waals surface area contributed by atoms with Crippen molar-refractivity contribution in [2.24, 2.45) is 0 Å². The van der Waals surface area contributed by atoms with Gasteiger partial charge in [-0.15, -0.1) is 0 Å². The molecule has 0 radical (unpaired) electrons. The molecule has 0 aliphatic carbocycles. The molecule has 1 heterocycles. The van der Waals surface area contributed by atoms with Crippen molar-refractivity contribution in [1.29, 1.82) is 5.26 Å². The topological polar surface area (TPSA) is 57.9 Å². The SMILES string of the molecule is C=C(Nc1cccnc1C#N)OC(C)(C)C. The van der Waals surface area contributed by atoms with Gasteiger partial charge in [-0.1, -0.05) is 0 Å². The summed E-state index contributed by atoms with van der Waals surface area (Å²) in [6.07, 6.45) is 1.57. The third-order valence-corrected chi connectivity index (χ3v) is 1.62. The van der Waals surface area contributed by atoms with Crippen LogP contribution in [0.3, 0.4) is 0 Å². The fourth-order valence-electron chi connectivity index (χ4n) is 1.14. The summed E-state index contributed by atoms with van der Waals surface area (Å²) in [6.45, 7) is 9.51. The molecule has 0 bridgehead atoms. The molecule has 1 N–H and O–H groups in total. The summed E-state index contributed by atoms with van der Waals surface area (Å²) in [5, 5.41) is 11.8. The molecule has 0 fully saturated rings. The number of nitriles is 1. The number of rotatable bonds is 3. The van der Waals surface area contributed by atoms with E-state index in [1.807, 2.05) is 26.8 Å². The zero-order chi connectivity index (χ0) is 12.2. The molecule has 0 atom stereocenters. The fourth-order valence-corrected chi connectivity index (χ4v) is 1.14. The number of nitrogens with one attached hydrogen (secondary N) is 1. The van der Waals surface area contributed by atoms with Crippen molar-refractivity contribution in [1.82, 2.24) is 4.98 Å². The second-order valence-electron chi connectivity index (χ2n) is 4.27. The standard InChI is InChI=1S/C12H15N3O/c1-9(16-12(2,3)4)15-10-6-5-7-14-11(10)8-13/h5-7,15H,1H2,2-4H3. The maximum absolute atomic E-state index is 8.84. The predicted molar refractivity (Wildman–Crippen MR) is 62.6 cm³/mol. The van der Waals surface area contributed by atoms with Gasteiger partial charge in [-0.2, -0.15) is 5.26 Å². The second kappa shape index (κ2) is 4.67. The van der Waals surface area contributed by atoms with Crippen LogP contribution in [0.2, 0.25) is 0 Å². The van der Waals surface area contributed by atoms with Gasteiger partial charge in [-0.05, 0) is 39.5 Å². The second-order valence-corrected chi connectivity index (χ2v) is 4.27. The lowest BCUT2D eigenvalue weighted by molar-refractivity contribution is 0.0565. The highest BCUT2D eigenvalue weighted by molar-refractivity contribution is 5.55. The average molecular weight is 217 g/mol. The van der Waals surface area contributed by atoms with Crippen LogP contribution in [0.5, 0.6) is 0 Å². The minimum Gasteiger partial charge on any atom is -0.474 e. The molecule has 0 aliphatic heterocycles. The summed E-state index contributed by atoms with van der Waals surface area (Å²) in [5.74, 6) is 0.400. The molecular weight excluding hydrogens is 202 g/mol. The Morgan fingerprint density at radius 1 is 1.56 bits per heavy atom. The molecule has 1 aromatic heterocycles. The van der Waals surface area contributed by atoms with E-state index < -0.39 is 0 Å². The van der Waals surface area contributed by atoms with Crippen molar-refractivity contribution < 1.29 is 4.74 Å². The van der Waals surface area contributed by atoms with Gasteiger partial charge in [0.25, 0.3) is 0 Å². The van der Waals surface area contributed by atoms with Crippen molar-refractivity contribution in [3.63, 3.8) is 0 Å². The van der Waals surface area contributed by atoms with Gasteiger partial charge in [-0.25, -0.2) is 4.98 Å². The zero-order valence-corrected chi connectivity index (χ0v) is 9.74. The number of ether oxygens (including phenoxy) is 1. The minimum absolute atomic E-state index is 0.320. The molecule has 84 valence electrons. The number of pyridine rings is 1. The number of aromatic nitrogens is 1. The van der Waals surface area contributed by atoms with Gasteiger partial charge in [-0.3, -0.25) is 0 Å². The molecule has 1 rings (SSSR count). The quantitative estimate of drug-likeness (QED) is 0.791. The molecule has 16 heavy (non-hydrogen) atoms. The predicted octanol–water partition coefficient (Wildman–Crippen LogP) is 2.65. The average Bonchev–Trinajstić information content (AvgIpc) is 2.15. The van der Waals surface area contributed by atoms with Gasteiger partial charge in [0, 0.05) is 6.20 Å². The van der Waals surface area contributed by atoms with Crippen LogP contribution < -0.4 is 5.32 Å². The van der Waals surface area contributed by atoms with Crippen LogP contribution in [-0.4, -0.2) is 10.6 Å². The maximum atomic E-state index is 8.84. The van der Waals surface area contributed by atoms with E-state index in [1.165, 1.54) is 0 Å². The van der Waals surface area contributed by atoms with Crippen molar-refractivity contribution in [3.05, 3.63) is 36.5 Å². The van der Waals surface area contributed by atoms with Crippen molar-refractivity contribution in [2.45, 2.75) is 26.4 Å². The molecule has 0 saturated carbocycles. The maximum Gasteiger partial charge on any atom is 0.184 e. The zero-order valence-electron chi connectivity index (χ0n) is 9.74. The van der Waals surface area contributed by atoms with Gasteiger partial charge in [0.2, 0.25) is 0 Å². The van der Waals surface area contributed by atoms with Gasteiger partial charge in [0.05, 0.1) is 5.69 Å². The lowest BCUT2D eigenvalue weighted by Gasteiger charge is -2.23. The highest BCUT2D eigenvalue weighted by Gasteiger charge is 2.13. The summed E-state index contributed by atoms with van der Waals surface area (Å²) in [4.78, 5) is 3.93. The normalized spacial score (nSPS) is 10.4. The van der Waals surface area contributed by atoms with E-state index in [0.29, 0.717) is 17.3 Å². The summed E-state index contributed by atoms with van der Waals surface area (Å²) in [6, 6.07) is 5.49. The van der Waals surface area contributed by atoms with Crippen molar-refractivity contribution in [3.8, 4) is 6.07 Å². The number of hydrogen-bond acceptors (Lipinski definition) is 4. The van der Waals surface area contributed by atoms with Crippen LogP contribution >= 0.6 is 0 Å². The molecule has 1 aromatic rings. The third kappa shape index (κ3) is 3.62. The third-order valence-electron chi connectivity index (χ3n) is 1.62. The number of hydrogen-bond donors (Lipinski definition) is 1. The van der Waals surface area contributed by atoms with E-state index in [4.69, 9.17) is 10.00 Å². The van der Waals surface area contributed by atoms with E-state index in [-0.39, 0.29) is 5.60 Å². The molecule has 0 spiro atoms. The van der Waals surface area contributed by atoms with E-state index in [2.05, 4.69) is 16.9 Å². The molecule has 0 amide bonds. The Bertz CT molecular complexity index is 427. The largest absolute Gasteiger partial charge is 0.474 e.